The lowest BCUT2D eigenvalue weighted by Crippen LogP contribution is -2.44. The lowest BCUT2D eigenvalue weighted by atomic mass is 10.0. The molecule has 0 spiro atoms. The number of nitrogens with zero attached hydrogens (tertiary/aromatic N) is 3. The molecule has 1 aliphatic rings. The molecule has 1 amide bonds. The van der Waals surface area contributed by atoms with Gasteiger partial charge in [0, 0.05) is 11.6 Å². The topological polar surface area (TPSA) is 81.1 Å². The molecule has 3 aromatic rings. The molecule has 2 aromatic carbocycles. The molecular formula is C20H20ClN5O2S. The van der Waals surface area contributed by atoms with E-state index in [4.69, 9.17) is 16.3 Å². The molecule has 0 fully saturated rings. The first-order valence-corrected chi connectivity index (χ1v) is 10.3. The minimum atomic E-state index is -0.412. The minimum Gasteiger partial charge on any atom is -0.497 e. The number of amides is 1. The van der Waals surface area contributed by atoms with E-state index in [0.717, 1.165) is 22.7 Å². The number of thioether (sulfide) groups is 1. The van der Waals surface area contributed by atoms with Crippen molar-refractivity contribution in [3.63, 3.8) is 0 Å². The molecule has 0 unspecified atom stereocenters. The second kappa shape index (κ2) is 8.34. The van der Waals surface area contributed by atoms with Gasteiger partial charge in [0.15, 0.2) is 0 Å². The van der Waals surface area contributed by atoms with Crippen LogP contribution >= 0.6 is 23.4 Å². The van der Waals surface area contributed by atoms with Gasteiger partial charge in [-0.15, -0.1) is 10.2 Å². The standard InChI is InChI=1S/C20H20ClN5O2S/c1-12-23-24-20-26(12)25-17(14-5-7-15(21)8-6-14)18(29-20)19(27)22-11-13-3-9-16(28-2)10-4-13/h3-10,17-18,25H,11H2,1-2H3,(H,22,27)/t17-,18+/m1/s1. The number of rotatable bonds is 5. The molecule has 1 aliphatic heterocycles. The fraction of sp³-hybridized carbons (Fsp3) is 0.250. The first-order valence-electron chi connectivity index (χ1n) is 9.06. The first-order chi connectivity index (χ1) is 14.0. The van der Waals surface area contributed by atoms with Gasteiger partial charge in [-0.1, -0.05) is 47.6 Å². The van der Waals surface area contributed by atoms with E-state index in [1.165, 1.54) is 11.8 Å². The van der Waals surface area contributed by atoms with E-state index in [-0.39, 0.29) is 11.9 Å². The molecule has 0 radical (unpaired) electrons. The molecule has 29 heavy (non-hydrogen) atoms. The average Bonchev–Trinajstić information content (AvgIpc) is 3.12. The van der Waals surface area contributed by atoms with Crippen molar-refractivity contribution in [2.45, 2.75) is 29.9 Å². The Balaban J connectivity index is 1.54. The fourth-order valence-corrected chi connectivity index (χ4v) is 4.39. The highest BCUT2D eigenvalue weighted by Gasteiger charge is 2.37. The monoisotopic (exact) mass is 429 g/mol. The molecule has 9 heteroatoms. The number of methoxy groups -OCH3 is 1. The summed E-state index contributed by atoms with van der Waals surface area (Å²) in [5, 5.41) is 12.2. The number of hydrogen-bond acceptors (Lipinski definition) is 6. The van der Waals surface area contributed by atoms with E-state index in [9.17, 15) is 4.79 Å². The maximum absolute atomic E-state index is 13.1. The van der Waals surface area contributed by atoms with Crippen LogP contribution in [0, 0.1) is 6.92 Å². The molecule has 0 saturated heterocycles. The lowest BCUT2D eigenvalue weighted by Gasteiger charge is -2.32. The molecule has 2 N–H and O–H groups in total. The van der Waals surface area contributed by atoms with E-state index >= 15 is 0 Å². The SMILES string of the molecule is COc1ccc(CNC(=O)[C@H]2Sc3nnc(C)n3N[C@@H]2c2ccc(Cl)cc2)cc1. The third-order valence-corrected chi connectivity index (χ3v) is 6.18. The van der Waals surface area contributed by atoms with Crippen LogP contribution in [0.25, 0.3) is 0 Å². The van der Waals surface area contributed by atoms with Gasteiger partial charge in [-0.3, -0.25) is 4.79 Å². The number of carbonyl (C=O) groups is 1. The lowest BCUT2D eigenvalue weighted by molar-refractivity contribution is -0.121. The van der Waals surface area contributed by atoms with Gasteiger partial charge in [-0.2, -0.15) is 0 Å². The van der Waals surface area contributed by atoms with Crippen LogP contribution in [-0.4, -0.2) is 33.1 Å². The maximum Gasteiger partial charge on any atom is 0.236 e. The Morgan fingerprint density at radius 3 is 2.62 bits per heavy atom. The van der Waals surface area contributed by atoms with E-state index < -0.39 is 5.25 Å². The second-order valence-corrected chi connectivity index (χ2v) is 8.17. The van der Waals surface area contributed by atoms with E-state index in [1.54, 1.807) is 7.11 Å². The molecule has 7 nitrogen and oxygen atoms in total. The average molecular weight is 430 g/mol. The summed E-state index contributed by atoms with van der Waals surface area (Å²) in [5.41, 5.74) is 5.33. The smallest absolute Gasteiger partial charge is 0.236 e. The zero-order valence-electron chi connectivity index (χ0n) is 15.9. The molecule has 2 heterocycles. The summed E-state index contributed by atoms with van der Waals surface area (Å²) in [6.07, 6.45) is 0. The first kappa shape index (κ1) is 19.6. The quantitative estimate of drug-likeness (QED) is 0.647. The number of nitrogens with one attached hydrogen (secondary N) is 2. The van der Waals surface area contributed by atoms with Crippen molar-refractivity contribution in [1.82, 2.24) is 20.2 Å². The molecule has 1 aromatic heterocycles. The molecule has 0 aliphatic carbocycles. The highest BCUT2D eigenvalue weighted by Crippen LogP contribution is 2.37. The molecule has 0 saturated carbocycles. The second-order valence-electron chi connectivity index (χ2n) is 6.63. The van der Waals surface area contributed by atoms with Gasteiger partial charge >= 0.3 is 0 Å². The number of carbonyl (C=O) groups excluding carboxylic acids is 1. The van der Waals surface area contributed by atoms with Crippen molar-refractivity contribution in [2.75, 3.05) is 12.5 Å². The molecule has 2 atom stereocenters. The van der Waals surface area contributed by atoms with Crippen LogP contribution in [0.15, 0.2) is 53.7 Å². The number of aryl methyl sites for hydroxylation is 1. The Labute approximate surface area is 177 Å². The third kappa shape index (κ3) is 4.18. The number of benzene rings is 2. The van der Waals surface area contributed by atoms with E-state index in [1.807, 2.05) is 60.1 Å². The Hall–Kier alpha value is -2.71. The third-order valence-electron chi connectivity index (χ3n) is 4.71. The van der Waals surface area contributed by atoms with Crippen LogP contribution < -0.4 is 15.5 Å². The van der Waals surface area contributed by atoms with Crippen molar-refractivity contribution in [3.05, 3.63) is 70.5 Å². The van der Waals surface area contributed by atoms with Crippen LogP contribution in [0.5, 0.6) is 5.75 Å². The number of aromatic nitrogens is 3. The zero-order valence-corrected chi connectivity index (χ0v) is 17.5. The van der Waals surface area contributed by atoms with Gasteiger partial charge in [0.25, 0.3) is 0 Å². The van der Waals surface area contributed by atoms with Crippen molar-refractivity contribution in [2.24, 2.45) is 0 Å². The highest BCUT2D eigenvalue weighted by molar-refractivity contribution is 8.00. The van der Waals surface area contributed by atoms with Crippen molar-refractivity contribution < 1.29 is 9.53 Å². The van der Waals surface area contributed by atoms with E-state index in [0.29, 0.717) is 16.7 Å². The van der Waals surface area contributed by atoms with Gasteiger partial charge in [0.2, 0.25) is 11.1 Å². The van der Waals surface area contributed by atoms with Crippen molar-refractivity contribution in [3.8, 4) is 5.75 Å². The van der Waals surface area contributed by atoms with Gasteiger partial charge in [-0.05, 0) is 42.3 Å². The Morgan fingerprint density at radius 2 is 1.93 bits per heavy atom. The minimum absolute atomic E-state index is 0.0785. The largest absolute Gasteiger partial charge is 0.497 e. The predicted molar refractivity (Wildman–Crippen MR) is 113 cm³/mol. The fourth-order valence-electron chi connectivity index (χ4n) is 3.11. The summed E-state index contributed by atoms with van der Waals surface area (Å²) in [7, 11) is 1.63. The number of ether oxygens (including phenoxy) is 1. The summed E-state index contributed by atoms with van der Waals surface area (Å²) < 4.78 is 6.99. The van der Waals surface area contributed by atoms with Crippen LogP contribution in [-0.2, 0) is 11.3 Å². The Morgan fingerprint density at radius 1 is 1.21 bits per heavy atom. The molecule has 4 rings (SSSR count). The highest BCUT2D eigenvalue weighted by atomic mass is 35.5. The Kier molecular flexibility index (Phi) is 5.64. The molecular weight excluding hydrogens is 410 g/mol. The van der Waals surface area contributed by atoms with Gasteiger partial charge < -0.3 is 15.5 Å². The normalized spacial score (nSPS) is 17.9. The van der Waals surface area contributed by atoms with Crippen LogP contribution in [0.2, 0.25) is 5.02 Å². The van der Waals surface area contributed by atoms with Crippen molar-refractivity contribution in [1.29, 1.82) is 0 Å². The van der Waals surface area contributed by atoms with Crippen LogP contribution in [0.3, 0.4) is 0 Å². The molecule has 150 valence electrons. The van der Waals surface area contributed by atoms with E-state index in [2.05, 4.69) is 20.9 Å². The van der Waals surface area contributed by atoms with Gasteiger partial charge in [-0.25, -0.2) is 4.68 Å². The summed E-state index contributed by atoms with van der Waals surface area (Å²) >= 11 is 7.43. The van der Waals surface area contributed by atoms with Crippen LogP contribution in [0.1, 0.15) is 23.0 Å². The number of halogens is 1. The summed E-state index contributed by atoms with van der Waals surface area (Å²) in [6, 6.07) is 14.9. The van der Waals surface area contributed by atoms with Gasteiger partial charge in [0.05, 0.1) is 13.2 Å². The van der Waals surface area contributed by atoms with Crippen LogP contribution in [0.4, 0.5) is 0 Å². The maximum atomic E-state index is 13.1. The number of hydrogen-bond donors (Lipinski definition) is 2. The predicted octanol–water partition coefficient (Wildman–Crippen LogP) is 3.32. The summed E-state index contributed by atoms with van der Waals surface area (Å²) in [6.45, 7) is 2.30. The Bertz CT molecular complexity index is 1010. The molecule has 0 bridgehead atoms. The van der Waals surface area contributed by atoms with Crippen molar-refractivity contribution >= 4 is 29.3 Å². The number of fused-ring (bicyclic) bond motifs is 1. The summed E-state index contributed by atoms with van der Waals surface area (Å²) in [5.74, 6) is 1.44. The zero-order chi connectivity index (χ0) is 20.4. The summed E-state index contributed by atoms with van der Waals surface area (Å²) in [4.78, 5) is 13.1. The van der Waals surface area contributed by atoms with Gasteiger partial charge in [0.1, 0.15) is 16.8 Å².